The summed E-state index contributed by atoms with van der Waals surface area (Å²) in [5, 5.41) is 10.2. The molecule has 0 saturated heterocycles. The van der Waals surface area contributed by atoms with Crippen molar-refractivity contribution in [2.45, 2.75) is 31.5 Å². The second-order valence-corrected chi connectivity index (χ2v) is 5.39. The third kappa shape index (κ3) is 2.00. The topological polar surface area (TPSA) is 33.1 Å². The molecular weight excluding hydrogens is 243 g/mol. The van der Waals surface area contributed by atoms with Gasteiger partial charge in [0.25, 0.3) is 0 Å². The van der Waals surface area contributed by atoms with Crippen LogP contribution in [0.5, 0.6) is 0 Å². The van der Waals surface area contributed by atoms with E-state index in [4.69, 9.17) is 0 Å². The van der Waals surface area contributed by atoms with Gasteiger partial charge in [0.1, 0.15) is 0 Å². The van der Waals surface area contributed by atoms with E-state index in [1.165, 1.54) is 6.42 Å². The number of alkyl halides is 3. The van der Waals surface area contributed by atoms with Crippen molar-refractivity contribution in [2.75, 3.05) is 0 Å². The minimum absolute atomic E-state index is 0.0425. The largest absolute Gasteiger partial charge is 0.416 e. The SMILES string of the molecule is OC(c1cnccc1C(F)(F)F)C1CC2CC2C1. The first-order valence-electron chi connectivity index (χ1n) is 6.16. The van der Waals surface area contributed by atoms with E-state index < -0.39 is 17.8 Å². The van der Waals surface area contributed by atoms with Gasteiger partial charge in [0.15, 0.2) is 0 Å². The second-order valence-electron chi connectivity index (χ2n) is 5.39. The number of hydrogen-bond donors (Lipinski definition) is 1. The third-order valence-corrected chi connectivity index (χ3v) is 4.20. The van der Waals surface area contributed by atoms with Crippen LogP contribution >= 0.6 is 0 Å². The lowest BCUT2D eigenvalue weighted by Crippen LogP contribution is -2.17. The van der Waals surface area contributed by atoms with Crippen LogP contribution in [0.25, 0.3) is 0 Å². The van der Waals surface area contributed by atoms with Gasteiger partial charge in [-0.2, -0.15) is 13.2 Å². The molecule has 0 aliphatic heterocycles. The zero-order valence-electron chi connectivity index (χ0n) is 9.69. The molecule has 0 bridgehead atoms. The lowest BCUT2D eigenvalue weighted by atomic mass is 9.90. The van der Waals surface area contributed by atoms with Gasteiger partial charge >= 0.3 is 6.18 Å². The van der Waals surface area contributed by atoms with E-state index in [1.807, 2.05) is 0 Å². The first-order chi connectivity index (χ1) is 8.47. The lowest BCUT2D eigenvalue weighted by Gasteiger charge is -2.22. The van der Waals surface area contributed by atoms with Gasteiger partial charge in [0, 0.05) is 18.0 Å². The summed E-state index contributed by atoms with van der Waals surface area (Å²) in [6.45, 7) is 0. The molecule has 3 rings (SSSR count). The van der Waals surface area contributed by atoms with Crippen molar-refractivity contribution in [3.8, 4) is 0 Å². The lowest BCUT2D eigenvalue weighted by molar-refractivity contribution is -0.139. The summed E-state index contributed by atoms with van der Waals surface area (Å²) >= 11 is 0. The summed E-state index contributed by atoms with van der Waals surface area (Å²) in [5.41, 5.74) is -0.832. The Hall–Kier alpha value is -1.10. The van der Waals surface area contributed by atoms with Crippen molar-refractivity contribution in [3.05, 3.63) is 29.6 Å². The van der Waals surface area contributed by atoms with E-state index in [-0.39, 0.29) is 11.5 Å². The minimum atomic E-state index is -4.43. The molecule has 0 spiro atoms. The Morgan fingerprint density at radius 2 is 1.89 bits per heavy atom. The van der Waals surface area contributed by atoms with E-state index in [2.05, 4.69) is 4.98 Å². The Morgan fingerprint density at radius 1 is 1.22 bits per heavy atom. The molecule has 1 heterocycles. The predicted molar refractivity (Wildman–Crippen MR) is 58.5 cm³/mol. The molecule has 2 saturated carbocycles. The molecule has 1 aromatic rings. The van der Waals surface area contributed by atoms with Crippen LogP contribution in [0.1, 0.15) is 36.5 Å². The fourth-order valence-electron chi connectivity index (χ4n) is 3.17. The molecule has 1 aromatic heterocycles. The molecule has 3 atom stereocenters. The minimum Gasteiger partial charge on any atom is -0.388 e. The highest BCUT2D eigenvalue weighted by Crippen LogP contribution is 2.57. The van der Waals surface area contributed by atoms with Gasteiger partial charge in [0.05, 0.1) is 11.7 Å². The molecule has 0 aromatic carbocycles. The van der Waals surface area contributed by atoms with Crippen LogP contribution in [-0.4, -0.2) is 10.1 Å². The molecule has 5 heteroatoms. The molecule has 98 valence electrons. The Balaban J connectivity index is 1.86. The highest BCUT2D eigenvalue weighted by Gasteiger charge is 2.49. The molecule has 3 unspecified atom stereocenters. The van der Waals surface area contributed by atoms with Crippen LogP contribution in [0.2, 0.25) is 0 Å². The van der Waals surface area contributed by atoms with Gasteiger partial charge in [0.2, 0.25) is 0 Å². The number of fused-ring (bicyclic) bond motifs is 1. The summed E-state index contributed by atoms with van der Waals surface area (Å²) in [4.78, 5) is 3.72. The molecule has 0 radical (unpaired) electrons. The fraction of sp³-hybridized carbons (Fsp3) is 0.615. The van der Waals surface area contributed by atoms with Crippen LogP contribution in [0.15, 0.2) is 18.5 Å². The fourth-order valence-corrected chi connectivity index (χ4v) is 3.17. The van der Waals surface area contributed by atoms with E-state index in [1.54, 1.807) is 0 Å². The van der Waals surface area contributed by atoms with Gasteiger partial charge in [-0.25, -0.2) is 0 Å². The van der Waals surface area contributed by atoms with E-state index in [9.17, 15) is 18.3 Å². The van der Waals surface area contributed by atoms with E-state index in [0.29, 0.717) is 11.8 Å². The number of aliphatic hydroxyl groups excluding tert-OH is 1. The molecule has 0 amide bonds. The van der Waals surface area contributed by atoms with Crippen LogP contribution < -0.4 is 0 Å². The Kier molecular flexibility index (Phi) is 2.62. The van der Waals surface area contributed by atoms with Crippen molar-refractivity contribution in [1.29, 1.82) is 0 Å². The smallest absolute Gasteiger partial charge is 0.388 e. The molecule has 2 nitrogen and oxygen atoms in total. The number of pyridine rings is 1. The van der Waals surface area contributed by atoms with Gasteiger partial charge in [-0.3, -0.25) is 4.98 Å². The Morgan fingerprint density at radius 3 is 2.50 bits per heavy atom. The number of rotatable bonds is 2. The number of aliphatic hydroxyl groups is 1. The van der Waals surface area contributed by atoms with Gasteiger partial charge in [-0.15, -0.1) is 0 Å². The van der Waals surface area contributed by atoms with Crippen molar-refractivity contribution >= 4 is 0 Å². The highest BCUT2D eigenvalue weighted by molar-refractivity contribution is 5.29. The maximum absolute atomic E-state index is 12.8. The van der Waals surface area contributed by atoms with Gasteiger partial charge in [-0.1, -0.05) is 0 Å². The first-order valence-corrected chi connectivity index (χ1v) is 6.16. The summed E-state index contributed by atoms with van der Waals surface area (Å²) in [6, 6.07) is 0.939. The van der Waals surface area contributed by atoms with Gasteiger partial charge < -0.3 is 5.11 Å². The molecule has 1 N–H and O–H groups in total. The molecule has 18 heavy (non-hydrogen) atoms. The van der Waals surface area contributed by atoms with Crippen LogP contribution in [-0.2, 0) is 6.18 Å². The maximum atomic E-state index is 12.8. The summed E-state index contributed by atoms with van der Waals surface area (Å²) in [5.74, 6) is 1.23. The van der Waals surface area contributed by atoms with E-state index in [0.717, 1.165) is 31.3 Å². The standard InChI is InChI=1S/C13H14F3NO/c14-13(15,16)11-1-2-17-6-10(11)12(18)9-4-7-3-8(7)5-9/h1-2,6-9,12,18H,3-5H2. The summed E-state index contributed by atoms with van der Waals surface area (Å²) in [7, 11) is 0. The summed E-state index contributed by atoms with van der Waals surface area (Å²) in [6.07, 6.45) is -0.329. The van der Waals surface area contributed by atoms with Crippen LogP contribution in [0, 0.1) is 17.8 Å². The normalized spacial score (nSPS) is 32.1. The Bertz CT molecular complexity index is 450. The second kappa shape index (κ2) is 3.95. The van der Waals surface area contributed by atoms with Crippen molar-refractivity contribution < 1.29 is 18.3 Å². The molecule has 2 aliphatic rings. The monoisotopic (exact) mass is 257 g/mol. The first kappa shape index (κ1) is 12.0. The maximum Gasteiger partial charge on any atom is 0.416 e. The molecule has 2 fully saturated rings. The molecule has 2 aliphatic carbocycles. The highest BCUT2D eigenvalue weighted by atomic mass is 19.4. The quantitative estimate of drug-likeness (QED) is 0.882. The van der Waals surface area contributed by atoms with Crippen molar-refractivity contribution in [3.63, 3.8) is 0 Å². The Labute approximate surface area is 103 Å². The zero-order valence-corrected chi connectivity index (χ0v) is 9.69. The number of nitrogens with zero attached hydrogens (tertiary/aromatic N) is 1. The van der Waals surface area contributed by atoms with Crippen molar-refractivity contribution in [1.82, 2.24) is 4.98 Å². The van der Waals surface area contributed by atoms with E-state index >= 15 is 0 Å². The van der Waals surface area contributed by atoms with Crippen molar-refractivity contribution in [2.24, 2.45) is 17.8 Å². The average Bonchev–Trinajstić information content (AvgIpc) is 2.94. The number of aromatic nitrogens is 1. The zero-order chi connectivity index (χ0) is 12.9. The van der Waals surface area contributed by atoms with Crippen LogP contribution in [0.3, 0.4) is 0 Å². The van der Waals surface area contributed by atoms with Gasteiger partial charge in [-0.05, 0) is 43.1 Å². The third-order valence-electron chi connectivity index (χ3n) is 4.20. The summed E-state index contributed by atoms with van der Waals surface area (Å²) < 4.78 is 38.5. The molecular formula is C13H14F3NO. The number of halogens is 3. The van der Waals surface area contributed by atoms with Crippen LogP contribution in [0.4, 0.5) is 13.2 Å². The number of hydrogen-bond acceptors (Lipinski definition) is 2. The predicted octanol–water partition coefficient (Wildman–Crippen LogP) is 3.18. The average molecular weight is 257 g/mol.